The van der Waals surface area contributed by atoms with Gasteiger partial charge in [-0.1, -0.05) is 24.3 Å². The maximum atomic E-state index is 12.4. The van der Waals surface area contributed by atoms with E-state index in [9.17, 15) is 4.79 Å². The molecule has 0 bridgehead atoms. The van der Waals surface area contributed by atoms with E-state index in [-0.39, 0.29) is 12.5 Å². The van der Waals surface area contributed by atoms with Crippen molar-refractivity contribution in [2.75, 3.05) is 11.9 Å². The molecule has 0 radical (unpaired) electrons. The van der Waals surface area contributed by atoms with Gasteiger partial charge < -0.3 is 14.8 Å². The summed E-state index contributed by atoms with van der Waals surface area (Å²) in [5, 5.41) is 14.8. The van der Waals surface area contributed by atoms with Gasteiger partial charge in [0.25, 0.3) is 5.91 Å². The number of carbonyl (C=O) groups is 1. The molecule has 0 unspecified atom stereocenters. The standard InChI is InChI=1S/C23H20N6O3/c30-21(15-31-19-7-4-8-20(14-19)32-22-9-1-2-12-24-22)25-17-6-3-5-16(13-17)23-26-27-28-29(23)18-10-11-18/h1-9,12-14,18H,10-11,15H2,(H,25,30). The quantitative estimate of drug-likeness (QED) is 0.454. The predicted molar refractivity (Wildman–Crippen MR) is 116 cm³/mol. The molecule has 1 saturated carbocycles. The van der Waals surface area contributed by atoms with Crippen LogP contribution in [0.2, 0.25) is 0 Å². The van der Waals surface area contributed by atoms with Crippen LogP contribution in [-0.4, -0.2) is 37.7 Å². The normalized spacial score (nSPS) is 12.9. The van der Waals surface area contributed by atoms with Crippen LogP contribution in [0.25, 0.3) is 11.4 Å². The number of benzene rings is 2. The molecule has 0 atom stereocenters. The molecule has 4 aromatic rings. The van der Waals surface area contributed by atoms with E-state index in [4.69, 9.17) is 9.47 Å². The van der Waals surface area contributed by atoms with E-state index in [1.54, 1.807) is 36.5 Å². The summed E-state index contributed by atoms with van der Waals surface area (Å²) in [5.41, 5.74) is 1.49. The Morgan fingerprint density at radius 2 is 1.91 bits per heavy atom. The van der Waals surface area contributed by atoms with Crippen LogP contribution >= 0.6 is 0 Å². The van der Waals surface area contributed by atoms with Crippen molar-refractivity contribution in [1.29, 1.82) is 0 Å². The van der Waals surface area contributed by atoms with Crippen LogP contribution in [-0.2, 0) is 4.79 Å². The minimum atomic E-state index is -0.278. The van der Waals surface area contributed by atoms with E-state index in [0.29, 0.717) is 34.9 Å². The number of carbonyl (C=O) groups excluding carboxylic acids is 1. The first-order valence-corrected chi connectivity index (χ1v) is 10.2. The highest BCUT2D eigenvalue weighted by Crippen LogP contribution is 2.36. The topological polar surface area (TPSA) is 104 Å². The zero-order valence-electron chi connectivity index (χ0n) is 17.1. The van der Waals surface area contributed by atoms with Crippen molar-refractivity contribution < 1.29 is 14.3 Å². The molecule has 2 aromatic heterocycles. The van der Waals surface area contributed by atoms with E-state index in [1.165, 1.54) is 0 Å². The molecule has 5 rings (SSSR count). The van der Waals surface area contributed by atoms with Gasteiger partial charge in [-0.3, -0.25) is 4.79 Å². The number of ether oxygens (including phenoxy) is 2. The Hall–Kier alpha value is -4.27. The zero-order chi connectivity index (χ0) is 21.8. The maximum absolute atomic E-state index is 12.4. The van der Waals surface area contributed by atoms with Gasteiger partial charge in [-0.05, 0) is 53.6 Å². The average Bonchev–Trinajstić information content (AvgIpc) is 3.55. The van der Waals surface area contributed by atoms with Gasteiger partial charge in [-0.15, -0.1) is 5.10 Å². The molecule has 0 aliphatic heterocycles. The van der Waals surface area contributed by atoms with Crippen molar-refractivity contribution in [2.24, 2.45) is 0 Å². The summed E-state index contributed by atoms with van der Waals surface area (Å²) in [7, 11) is 0. The van der Waals surface area contributed by atoms with E-state index < -0.39 is 0 Å². The smallest absolute Gasteiger partial charge is 0.262 e. The van der Waals surface area contributed by atoms with Crippen LogP contribution in [0.3, 0.4) is 0 Å². The average molecular weight is 428 g/mol. The summed E-state index contributed by atoms with van der Waals surface area (Å²) < 4.78 is 13.2. The SMILES string of the molecule is O=C(COc1cccc(Oc2ccccn2)c1)Nc1cccc(-c2nnnn2C2CC2)c1. The minimum absolute atomic E-state index is 0.142. The molecule has 1 aliphatic rings. The lowest BCUT2D eigenvalue weighted by molar-refractivity contribution is -0.118. The molecule has 1 fully saturated rings. The lowest BCUT2D eigenvalue weighted by atomic mass is 10.2. The van der Waals surface area contributed by atoms with Gasteiger partial charge in [0.1, 0.15) is 11.5 Å². The highest BCUT2D eigenvalue weighted by atomic mass is 16.5. The highest BCUT2D eigenvalue weighted by Gasteiger charge is 2.28. The fourth-order valence-corrected chi connectivity index (χ4v) is 3.19. The maximum Gasteiger partial charge on any atom is 0.262 e. The summed E-state index contributed by atoms with van der Waals surface area (Å²) in [5.74, 6) is 1.99. The number of hydrogen-bond donors (Lipinski definition) is 1. The second kappa shape index (κ2) is 8.84. The van der Waals surface area contributed by atoms with Crippen molar-refractivity contribution in [2.45, 2.75) is 18.9 Å². The number of anilines is 1. The first kappa shape index (κ1) is 19.7. The van der Waals surface area contributed by atoms with Crippen molar-refractivity contribution >= 4 is 11.6 Å². The fraction of sp³-hybridized carbons (Fsp3) is 0.174. The van der Waals surface area contributed by atoms with Gasteiger partial charge in [0.2, 0.25) is 5.88 Å². The molecule has 9 heteroatoms. The number of rotatable bonds is 8. The lowest BCUT2D eigenvalue weighted by Crippen LogP contribution is -2.20. The van der Waals surface area contributed by atoms with Crippen LogP contribution in [0.1, 0.15) is 18.9 Å². The number of nitrogens with zero attached hydrogens (tertiary/aromatic N) is 5. The molecule has 1 N–H and O–H groups in total. The number of tetrazole rings is 1. The van der Waals surface area contributed by atoms with Gasteiger partial charge in [-0.25, -0.2) is 9.67 Å². The van der Waals surface area contributed by atoms with E-state index in [2.05, 4.69) is 25.8 Å². The molecule has 0 spiro atoms. The molecule has 9 nitrogen and oxygen atoms in total. The number of pyridine rings is 1. The third kappa shape index (κ3) is 4.72. The Balaban J connectivity index is 1.19. The molecule has 1 aliphatic carbocycles. The molecule has 1 amide bonds. The molecular weight excluding hydrogens is 408 g/mol. The van der Waals surface area contributed by atoms with Gasteiger partial charge >= 0.3 is 0 Å². The van der Waals surface area contributed by atoms with Crippen molar-refractivity contribution in [3.8, 4) is 28.8 Å². The molecule has 2 heterocycles. The van der Waals surface area contributed by atoms with Crippen molar-refractivity contribution in [3.63, 3.8) is 0 Å². The Kier molecular flexibility index (Phi) is 5.44. The lowest BCUT2D eigenvalue weighted by Gasteiger charge is -2.10. The van der Waals surface area contributed by atoms with Crippen LogP contribution in [0, 0.1) is 0 Å². The van der Waals surface area contributed by atoms with Crippen molar-refractivity contribution in [1.82, 2.24) is 25.2 Å². The molecule has 32 heavy (non-hydrogen) atoms. The van der Waals surface area contributed by atoms with Crippen LogP contribution in [0.4, 0.5) is 5.69 Å². The van der Waals surface area contributed by atoms with E-state index in [1.807, 2.05) is 41.1 Å². The van der Waals surface area contributed by atoms with Gasteiger partial charge in [0.15, 0.2) is 12.4 Å². The monoisotopic (exact) mass is 428 g/mol. The number of aromatic nitrogens is 5. The first-order chi connectivity index (χ1) is 15.7. The minimum Gasteiger partial charge on any atom is -0.484 e. The first-order valence-electron chi connectivity index (χ1n) is 10.2. The molecular formula is C23H20N6O3. The molecule has 2 aromatic carbocycles. The van der Waals surface area contributed by atoms with Crippen LogP contribution in [0.15, 0.2) is 72.9 Å². The van der Waals surface area contributed by atoms with Crippen LogP contribution in [0.5, 0.6) is 17.4 Å². The molecule has 160 valence electrons. The predicted octanol–water partition coefficient (Wildman–Crippen LogP) is 3.88. The van der Waals surface area contributed by atoms with Gasteiger partial charge in [0, 0.05) is 29.6 Å². The summed E-state index contributed by atoms with van der Waals surface area (Å²) in [4.78, 5) is 16.5. The van der Waals surface area contributed by atoms with E-state index >= 15 is 0 Å². The Morgan fingerprint density at radius 3 is 2.75 bits per heavy atom. The van der Waals surface area contributed by atoms with Crippen molar-refractivity contribution in [3.05, 3.63) is 72.9 Å². The van der Waals surface area contributed by atoms with Gasteiger partial charge in [-0.2, -0.15) is 0 Å². The van der Waals surface area contributed by atoms with Gasteiger partial charge in [0.05, 0.1) is 6.04 Å². The number of hydrogen-bond acceptors (Lipinski definition) is 7. The zero-order valence-corrected chi connectivity index (χ0v) is 17.1. The largest absolute Gasteiger partial charge is 0.484 e. The Bertz CT molecular complexity index is 1220. The Morgan fingerprint density at radius 1 is 1.03 bits per heavy atom. The number of amides is 1. The van der Waals surface area contributed by atoms with Crippen LogP contribution < -0.4 is 14.8 Å². The fourth-order valence-electron chi connectivity index (χ4n) is 3.19. The second-order valence-corrected chi connectivity index (χ2v) is 7.34. The number of nitrogens with one attached hydrogen (secondary N) is 1. The summed E-state index contributed by atoms with van der Waals surface area (Å²) in [6, 6.07) is 20.3. The van der Waals surface area contributed by atoms with E-state index in [0.717, 1.165) is 18.4 Å². The highest BCUT2D eigenvalue weighted by molar-refractivity contribution is 5.92. The Labute approximate surface area is 184 Å². The summed E-state index contributed by atoms with van der Waals surface area (Å²) in [6.45, 7) is -0.142. The summed E-state index contributed by atoms with van der Waals surface area (Å²) >= 11 is 0. The summed E-state index contributed by atoms with van der Waals surface area (Å²) in [6.07, 6.45) is 3.82. The third-order valence-corrected chi connectivity index (χ3v) is 4.83. The second-order valence-electron chi connectivity index (χ2n) is 7.34. The third-order valence-electron chi connectivity index (χ3n) is 4.83. The molecule has 0 saturated heterocycles.